The van der Waals surface area contributed by atoms with Crippen molar-refractivity contribution in [2.75, 3.05) is 0 Å². The molecule has 23 heavy (non-hydrogen) atoms. The largest absolute Gasteiger partial charge is 0.573 e. The van der Waals surface area contributed by atoms with Crippen LogP contribution in [0.3, 0.4) is 0 Å². The van der Waals surface area contributed by atoms with Gasteiger partial charge in [0.05, 0.1) is 6.10 Å². The highest BCUT2D eigenvalue weighted by atomic mass is 19.4. The minimum Gasteiger partial charge on any atom is -0.487 e. The molecular formula is C18H21F3O2. The first-order chi connectivity index (χ1) is 10.9. The van der Waals surface area contributed by atoms with E-state index >= 15 is 0 Å². The molecule has 0 radical (unpaired) electrons. The average Bonchev–Trinajstić information content (AvgIpc) is 3.34. The fraction of sp³-hybridized carbons (Fsp3) is 0.556. The van der Waals surface area contributed by atoms with Crippen molar-refractivity contribution < 1.29 is 22.6 Å². The van der Waals surface area contributed by atoms with Crippen LogP contribution in [0.25, 0.3) is 0 Å². The number of allylic oxidation sites excluding steroid dienone is 2. The quantitative estimate of drug-likeness (QED) is 0.630. The second-order valence-electron chi connectivity index (χ2n) is 6.35. The Morgan fingerprint density at radius 2 is 1.91 bits per heavy atom. The van der Waals surface area contributed by atoms with Crippen LogP contribution in [-0.2, 0) is 6.42 Å². The molecule has 126 valence electrons. The first-order valence-corrected chi connectivity index (χ1v) is 8.14. The van der Waals surface area contributed by atoms with E-state index in [1.165, 1.54) is 12.8 Å². The van der Waals surface area contributed by atoms with Crippen LogP contribution in [0.1, 0.15) is 43.2 Å². The van der Waals surface area contributed by atoms with Gasteiger partial charge in [0.2, 0.25) is 0 Å². The van der Waals surface area contributed by atoms with E-state index in [9.17, 15) is 13.2 Å². The smallest absolute Gasteiger partial charge is 0.487 e. The molecular weight excluding hydrogens is 305 g/mol. The van der Waals surface area contributed by atoms with Crippen LogP contribution in [0.4, 0.5) is 13.2 Å². The molecule has 2 fully saturated rings. The van der Waals surface area contributed by atoms with Gasteiger partial charge in [0.1, 0.15) is 0 Å². The third-order valence-electron chi connectivity index (χ3n) is 4.13. The Hall–Kier alpha value is -1.65. The van der Waals surface area contributed by atoms with Crippen molar-refractivity contribution >= 4 is 0 Å². The zero-order valence-electron chi connectivity index (χ0n) is 13.2. The molecule has 0 aliphatic heterocycles. The number of hydrogen-bond donors (Lipinski definition) is 0. The summed E-state index contributed by atoms with van der Waals surface area (Å²) < 4.78 is 47.9. The molecule has 1 aromatic carbocycles. The van der Waals surface area contributed by atoms with E-state index in [2.05, 4.69) is 16.9 Å². The standard InChI is InChI=1S/C18H21F3O2/c1-12-14(5-3-2-4-13-6-7-13)8-11-16(22-15-9-10-15)17(12)23-18(19,20)21/h2,4,8,11,13,15H,3,5-7,9-10H2,1H3/b4-2+. The molecule has 0 amide bonds. The van der Waals surface area contributed by atoms with Gasteiger partial charge in [-0.3, -0.25) is 0 Å². The van der Waals surface area contributed by atoms with Gasteiger partial charge in [0, 0.05) is 0 Å². The molecule has 0 spiro atoms. The van der Waals surface area contributed by atoms with Crippen LogP contribution >= 0.6 is 0 Å². The molecule has 3 rings (SSSR count). The van der Waals surface area contributed by atoms with Gasteiger partial charge in [-0.25, -0.2) is 0 Å². The first-order valence-electron chi connectivity index (χ1n) is 8.14. The van der Waals surface area contributed by atoms with Crippen LogP contribution in [0.2, 0.25) is 0 Å². The Bertz CT molecular complexity index is 585. The highest BCUT2D eigenvalue weighted by Crippen LogP contribution is 2.40. The molecule has 2 aliphatic carbocycles. The number of halogens is 3. The average molecular weight is 326 g/mol. The molecule has 0 heterocycles. The number of rotatable bonds is 7. The molecule has 0 saturated heterocycles. The molecule has 0 unspecified atom stereocenters. The Labute approximate surface area is 134 Å². The van der Waals surface area contributed by atoms with Crippen molar-refractivity contribution in [3.63, 3.8) is 0 Å². The topological polar surface area (TPSA) is 18.5 Å². The van der Waals surface area contributed by atoms with Gasteiger partial charge in [-0.05, 0) is 68.6 Å². The van der Waals surface area contributed by atoms with Crippen molar-refractivity contribution in [2.24, 2.45) is 5.92 Å². The molecule has 0 bridgehead atoms. The van der Waals surface area contributed by atoms with E-state index in [4.69, 9.17) is 4.74 Å². The van der Waals surface area contributed by atoms with Crippen molar-refractivity contribution in [3.05, 3.63) is 35.4 Å². The lowest BCUT2D eigenvalue weighted by atomic mass is 10.0. The SMILES string of the molecule is Cc1c(CC/C=C/C2CC2)ccc(OC2CC2)c1OC(F)(F)F. The summed E-state index contributed by atoms with van der Waals surface area (Å²) >= 11 is 0. The Morgan fingerprint density at radius 1 is 1.17 bits per heavy atom. The van der Waals surface area contributed by atoms with Gasteiger partial charge in [-0.1, -0.05) is 18.2 Å². The van der Waals surface area contributed by atoms with Crippen LogP contribution in [0.15, 0.2) is 24.3 Å². The number of benzene rings is 1. The monoisotopic (exact) mass is 326 g/mol. The highest BCUT2D eigenvalue weighted by molar-refractivity contribution is 5.50. The molecule has 0 aromatic heterocycles. The van der Waals surface area contributed by atoms with E-state index in [-0.39, 0.29) is 17.6 Å². The lowest BCUT2D eigenvalue weighted by Gasteiger charge is -2.18. The van der Waals surface area contributed by atoms with Gasteiger partial charge < -0.3 is 9.47 Å². The van der Waals surface area contributed by atoms with E-state index in [0.29, 0.717) is 12.0 Å². The summed E-state index contributed by atoms with van der Waals surface area (Å²) in [6, 6.07) is 3.45. The minimum absolute atomic E-state index is 0.0253. The third kappa shape index (κ3) is 4.91. The normalized spacial score (nSPS) is 18.4. The zero-order valence-corrected chi connectivity index (χ0v) is 13.2. The van der Waals surface area contributed by atoms with E-state index in [0.717, 1.165) is 30.7 Å². The van der Waals surface area contributed by atoms with E-state index in [1.54, 1.807) is 13.0 Å². The lowest BCUT2D eigenvalue weighted by Crippen LogP contribution is -2.19. The third-order valence-corrected chi connectivity index (χ3v) is 4.13. The van der Waals surface area contributed by atoms with Crippen molar-refractivity contribution in [1.29, 1.82) is 0 Å². The van der Waals surface area contributed by atoms with Gasteiger partial charge in [0.15, 0.2) is 11.5 Å². The highest BCUT2D eigenvalue weighted by Gasteiger charge is 2.35. The van der Waals surface area contributed by atoms with Crippen LogP contribution in [0.5, 0.6) is 11.5 Å². The summed E-state index contributed by atoms with van der Waals surface area (Å²) in [7, 11) is 0. The van der Waals surface area contributed by atoms with Gasteiger partial charge in [0.25, 0.3) is 0 Å². The molecule has 2 aliphatic rings. The maximum Gasteiger partial charge on any atom is 0.573 e. The predicted molar refractivity (Wildman–Crippen MR) is 81.7 cm³/mol. The summed E-state index contributed by atoms with van der Waals surface area (Å²) in [5.41, 5.74) is 1.38. The second kappa shape index (κ2) is 6.46. The van der Waals surface area contributed by atoms with Crippen molar-refractivity contribution in [2.45, 2.75) is 57.9 Å². The minimum atomic E-state index is -4.71. The van der Waals surface area contributed by atoms with E-state index in [1.807, 2.05) is 6.07 Å². The molecule has 1 aromatic rings. The summed E-state index contributed by atoms with van der Waals surface area (Å²) in [4.78, 5) is 0. The van der Waals surface area contributed by atoms with Gasteiger partial charge >= 0.3 is 6.36 Å². The zero-order chi connectivity index (χ0) is 16.4. The van der Waals surface area contributed by atoms with Crippen LogP contribution in [-0.4, -0.2) is 12.5 Å². The maximum atomic E-state index is 12.7. The molecule has 2 nitrogen and oxygen atoms in total. The van der Waals surface area contributed by atoms with Crippen LogP contribution < -0.4 is 9.47 Å². The summed E-state index contributed by atoms with van der Waals surface area (Å²) in [5.74, 6) is 0.724. The summed E-state index contributed by atoms with van der Waals surface area (Å²) in [6.07, 6.45) is 5.45. The first kappa shape index (κ1) is 16.2. The van der Waals surface area contributed by atoms with Gasteiger partial charge in [-0.2, -0.15) is 0 Å². The predicted octanol–water partition coefficient (Wildman–Crippen LogP) is 5.33. The Kier molecular flexibility index (Phi) is 4.55. The number of aryl methyl sites for hydroxylation is 1. The molecule has 2 saturated carbocycles. The molecule has 0 atom stereocenters. The summed E-state index contributed by atoms with van der Waals surface area (Å²) in [5, 5.41) is 0. The van der Waals surface area contributed by atoms with Crippen molar-refractivity contribution in [1.82, 2.24) is 0 Å². The maximum absolute atomic E-state index is 12.7. The Balaban J connectivity index is 1.74. The second-order valence-corrected chi connectivity index (χ2v) is 6.35. The fourth-order valence-corrected chi connectivity index (χ4v) is 2.50. The number of hydrogen-bond acceptors (Lipinski definition) is 2. The molecule has 0 N–H and O–H groups in total. The summed E-state index contributed by atoms with van der Waals surface area (Å²) in [6.45, 7) is 1.67. The fourth-order valence-electron chi connectivity index (χ4n) is 2.50. The van der Waals surface area contributed by atoms with Gasteiger partial charge in [-0.15, -0.1) is 13.2 Å². The van der Waals surface area contributed by atoms with Crippen LogP contribution in [0, 0.1) is 12.8 Å². The Morgan fingerprint density at radius 3 is 2.52 bits per heavy atom. The lowest BCUT2D eigenvalue weighted by molar-refractivity contribution is -0.275. The van der Waals surface area contributed by atoms with Crippen molar-refractivity contribution in [3.8, 4) is 11.5 Å². The number of alkyl halides is 3. The van der Waals surface area contributed by atoms with E-state index < -0.39 is 6.36 Å². The molecule has 5 heteroatoms. The number of ether oxygens (including phenoxy) is 2.